The quantitative estimate of drug-likeness (QED) is 0.778. The third-order valence-electron chi connectivity index (χ3n) is 3.50. The summed E-state index contributed by atoms with van der Waals surface area (Å²) >= 11 is 0. The fourth-order valence-corrected chi connectivity index (χ4v) is 2.36. The molecule has 0 amide bonds. The zero-order chi connectivity index (χ0) is 14.5. The Bertz CT molecular complexity index is 611. The van der Waals surface area contributed by atoms with Gasteiger partial charge in [-0.25, -0.2) is 4.68 Å². The minimum absolute atomic E-state index is 0.0461. The number of allylic oxidation sites excluding steroid dienone is 1. The van der Waals surface area contributed by atoms with Gasteiger partial charge in [-0.1, -0.05) is 36.4 Å². The lowest BCUT2D eigenvalue weighted by molar-refractivity contribution is 0.0884. The van der Waals surface area contributed by atoms with Crippen molar-refractivity contribution in [3.8, 4) is 0 Å². The second-order valence-corrected chi connectivity index (χ2v) is 4.93. The van der Waals surface area contributed by atoms with Crippen LogP contribution in [0.5, 0.6) is 0 Å². The van der Waals surface area contributed by atoms with Gasteiger partial charge in [0.05, 0.1) is 5.69 Å². The van der Waals surface area contributed by atoms with Crippen LogP contribution >= 0.6 is 0 Å². The van der Waals surface area contributed by atoms with Crippen LogP contribution in [0.4, 0.5) is 0 Å². The van der Waals surface area contributed by atoms with Crippen molar-refractivity contribution in [2.24, 2.45) is 0 Å². The average molecular weight is 268 g/mol. The van der Waals surface area contributed by atoms with Crippen LogP contribution < -0.4 is 0 Å². The first-order valence-corrected chi connectivity index (χ1v) is 6.86. The lowest BCUT2D eigenvalue weighted by atomic mass is 10.1. The van der Waals surface area contributed by atoms with Crippen LogP contribution in [0.15, 0.2) is 43.0 Å². The van der Waals surface area contributed by atoms with E-state index in [1.807, 2.05) is 50.3 Å². The predicted molar refractivity (Wildman–Crippen MR) is 81.0 cm³/mol. The van der Waals surface area contributed by atoms with E-state index >= 15 is 0 Å². The Balaban J connectivity index is 2.10. The third-order valence-corrected chi connectivity index (χ3v) is 3.50. The summed E-state index contributed by atoms with van der Waals surface area (Å²) in [5, 5.41) is 4.36. The molecule has 0 aliphatic rings. The molecule has 20 heavy (non-hydrogen) atoms. The molecule has 0 N–H and O–H groups in total. The number of carbonyl (C=O) groups excluding carboxylic acids is 1. The number of hydrogen-bond acceptors (Lipinski definition) is 2. The Kier molecular flexibility index (Phi) is 4.51. The van der Waals surface area contributed by atoms with E-state index in [0.717, 1.165) is 29.8 Å². The fraction of sp³-hybridized carbons (Fsp3) is 0.294. The van der Waals surface area contributed by atoms with Gasteiger partial charge >= 0.3 is 0 Å². The van der Waals surface area contributed by atoms with Crippen LogP contribution in [0, 0.1) is 13.8 Å². The van der Waals surface area contributed by atoms with E-state index in [4.69, 9.17) is 0 Å². The molecular weight excluding hydrogens is 248 g/mol. The van der Waals surface area contributed by atoms with Crippen molar-refractivity contribution in [3.05, 3.63) is 65.5 Å². The summed E-state index contributed by atoms with van der Waals surface area (Å²) in [6.45, 7) is 7.63. The van der Waals surface area contributed by atoms with E-state index in [0.29, 0.717) is 6.42 Å². The molecule has 2 rings (SSSR count). The van der Waals surface area contributed by atoms with Crippen molar-refractivity contribution in [1.29, 1.82) is 0 Å². The van der Waals surface area contributed by atoms with Crippen LogP contribution in [0.25, 0.3) is 0 Å². The molecule has 0 fully saturated rings. The third kappa shape index (κ3) is 3.05. The SMILES string of the molecule is C=CCc1c(C)nn(C(=O)CCc2ccccc2)c1C. The molecular formula is C17H20N2O. The minimum atomic E-state index is 0.0461. The van der Waals surface area contributed by atoms with Gasteiger partial charge in [-0.3, -0.25) is 4.79 Å². The van der Waals surface area contributed by atoms with Gasteiger partial charge in [0.15, 0.2) is 0 Å². The summed E-state index contributed by atoms with van der Waals surface area (Å²) in [6.07, 6.45) is 3.81. The fourth-order valence-electron chi connectivity index (χ4n) is 2.36. The van der Waals surface area contributed by atoms with Crippen molar-refractivity contribution < 1.29 is 4.79 Å². The Morgan fingerprint density at radius 1 is 1.30 bits per heavy atom. The van der Waals surface area contributed by atoms with Crippen molar-refractivity contribution in [3.63, 3.8) is 0 Å². The number of aryl methyl sites for hydroxylation is 2. The summed E-state index contributed by atoms with van der Waals surface area (Å²) in [6, 6.07) is 10.0. The number of nitrogens with zero attached hydrogens (tertiary/aromatic N) is 2. The topological polar surface area (TPSA) is 34.9 Å². The maximum absolute atomic E-state index is 12.3. The summed E-state index contributed by atoms with van der Waals surface area (Å²) in [5.41, 5.74) is 4.12. The maximum Gasteiger partial charge on any atom is 0.247 e. The number of aromatic nitrogens is 2. The van der Waals surface area contributed by atoms with Crippen molar-refractivity contribution in [2.45, 2.75) is 33.1 Å². The molecule has 0 saturated carbocycles. The zero-order valence-corrected chi connectivity index (χ0v) is 12.1. The molecule has 0 atom stereocenters. The molecule has 1 aromatic carbocycles. The number of carbonyl (C=O) groups is 1. The first-order chi connectivity index (χ1) is 9.63. The molecule has 104 valence electrons. The first kappa shape index (κ1) is 14.3. The Hall–Kier alpha value is -2.16. The summed E-state index contributed by atoms with van der Waals surface area (Å²) in [5.74, 6) is 0.0461. The van der Waals surface area contributed by atoms with E-state index in [2.05, 4.69) is 11.7 Å². The van der Waals surface area contributed by atoms with Crippen LogP contribution in [-0.4, -0.2) is 15.7 Å². The lowest BCUT2D eigenvalue weighted by Crippen LogP contribution is -2.15. The van der Waals surface area contributed by atoms with Gasteiger partial charge in [0.25, 0.3) is 0 Å². The Labute approximate surface area is 119 Å². The summed E-state index contributed by atoms with van der Waals surface area (Å²) in [4.78, 5) is 12.3. The maximum atomic E-state index is 12.3. The van der Waals surface area contributed by atoms with Crippen LogP contribution in [0.2, 0.25) is 0 Å². The van der Waals surface area contributed by atoms with Gasteiger partial charge in [0.2, 0.25) is 5.91 Å². The van der Waals surface area contributed by atoms with Gasteiger partial charge in [-0.05, 0) is 32.3 Å². The van der Waals surface area contributed by atoms with E-state index < -0.39 is 0 Å². The largest absolute Gasteiger partial charge is 0.273 e. The molecule has 0 saturated heterocycles. The van der Waals surface area contributed by atoms with Crippen LogP contribution in [-0.2, 0) is 12.8 Å². The van der Waals surface area contributed by atoms with E-state index in [1.165, 1.54) is 10.2 Å². The van der Waals surface area contributed by atoms with E-state index in [-0.39, 0.29) is 5.91 Å². The van der Waals surface area contributed by atoms with E-state index in [9.17, 15) is 4.79 Å². The lowest BCUT2D eigenvalue weighted by Gasteiger charge is -2.04. The highest BCUT2D eigenvalue weighted by atomic mass is 16.2. The molecule has 0 aliphatic carbocycles. The van der Waals surface area contributed by atoms with E-state index in [1.54, 1.807) is 0 Å². The standard InChI is InChI=1S/C17H20N2O/c1-4-8-16-13(2)18-19(14(16)3)17(20)12-11-15-9-6-5-7-10-15/h4-7,9-10H,1,8,11-12H2,2-3H3. The smallest absolute Gasteiger partial charge is 0.247 e. The molecule has 0 aliphatic heterocycles. The highest BCUT2D eigenvalue weighted by molar-refractivity contribution is 5.79. The molecule has 2 aromatic rings. The van der Waals surface area contributed by atoms with Gasteiger partial charge in [0, 0.05) is 17.7 Å². The molecule has 3 heteroatoms. The molecule has 1 heterocycles. The minimum Gasteiger partial charge on any atom is -0.273 e. The van der Waals surface area contributed by atoms with Gasteiger partial charge in [0.1, 0.15) is 0 Å². The second-order valence-electron chi connectivity index (χ2n) is 4.93. The van der Waals surface area contributed by atoms with Gasteiger partial charge < -0.3 is 0 Å². The predicted octanol–water partition coefficient (Wildman–Crippen LogP) is 3.50. The number of hydrogen-bond donors (Lipinski definition) is 0. The number of benzene rings is 1. The van der Waals surface area contributed by atoms with Crippen molar-refractivity contribution in [1.82, 2.24) is 9.78 Å². The first-order valence-electron chi connectivity index (χ1n) is 6.86. The van der Waals surface area contributed by atoms with Crippen molar-refractivity contribution >= 4 is 5.91 Å². The summed E-state index contributed by atoms with van der Waals surface area (Å²) < 4.78 is 1.54. The number of rotatable bonds is 5. The molecule has 0 unspecified atom stereocenters. The second kappa shape index (κ2) is 6.33. The molecule has 1 aromatic heterocycles. The van der Waals surface area contributed by atoms with Gasteiger partial charge in [-0.15, -0.1) is 6.58 Å². The highest BCUT2D eigenvalue weighted by Crippen LogP contribution is 2.15. The Morgan fingerprint density at radius 2 is 2.00 bits per heavy atom. The molecule has 0 spiro atoms. The normalized spacial score (nSPS) is 10.5. The molecule has 0 bridgehead atoms. The monoisotopic (exact) mass is 268 g/mol. The van der Waals surface area contributed by atoms with Crippen LogP contribution in [0.3, 0.4) is 0 Å². The highest BCUT2D eigenvalue weighted by Gasteiger charge is 2.15. The molecule has 3 nitrogen and oxygen atoms in total. The van der Waals surface area contributed by atoms with Crippen LogP contribution in [0.1, 0.15) is 33.7 Å². The molecule has 0 radical (unpaired) electrons. The van der Waals surface area contributed by atoms with Crippen molar-refractivity contribution in [2.75, 3.05) is 0 Å². The summed E-state index contributed by atoms with van der Waals surface area (Å²) in [7, 11) is 0. The zero-order valence-electron chi connectivity index (χ0n) is 12.1. The Morgan fingerprint density at radius 3 is 2.65 bits per heavy atom. The van der Waals surface area contributed by atoms with Gasteiger partial charge in [-0.2, -0.15) is 5.10 Å². The average Bonchev–Trinajstić information content (AvgIpc) is 2.74.